The minimum atomic E-state index is 0.278. The molecule has 0 saturated heterocycles. The molecule has 0 aromatic heterocycles. The van der Waals surface area contributed by atoms with Gasteiger partial charge < -0.3 is 9.57 Å². The molecule has 0 aliphatic heterocycles. The summed E-state index contributed by atoms with van der Waals surface area (Å²) in [5, 5.41) is 1.86. The summed E-state index contributed by atoms with van der Waals surface area (Å²) >= 11 is 0. The highest BCUT2D eigenvalue weighted by Gasteiger charge is 2.06. The van der Waals surface area contributed by atoms with Crippen LogP contribution in [0.25, 0.3) is 0 Å². The van der Waals surface area contributed by atoms with Crippen LogP contribution in [0.3, 0.4) is 0 Å². The first-order chi connectivity index (χ1) is 5.24. The molecule has 0 saturated carbocycles. The zero-order valence-corrected chi connectivity index (χ0v) is 7.67. The van der Waals surface area contributed by atoms with Crippen molar-refractivity contribution in [2.24, 2.45) is 5.92 Å². The van der Waals surface area contributed by atoms with Gasteiger partial charge in [-0.25, -0.2) is 0 Å². The molecule has 11 heavy (non-hydrogen) atoms. The molecule has 0 N–H and O–H groups in total. The van der Waals surface area contributed by atoms with E-state index < -0.39 is 0 Å². The third-order valence-corrected chi connectivity index (χ3v) is 1.48. The molecule has 1 atom stereocenters. The maximum absolute atomic E-state index is 5.05. The molecule has 0 fully saturated rings. The molecular weight excluding hydrogens is 142 g/mol. The molecule has 0 bridgehead atoms. The number of hydroxylamine groups is 2. The summed E-state index contributed by atoms with van der Waals surface area (Å²) in [6.45, 7) is 8.34. The Morgan fingerprint density at radius 1 is 1.45 bits per heavy atom. The van der Waals surface area contributed by atoms with Crippen molar-refractivity contribution in [1.82, 2.24) is 5.06 Å². The Balaban J connectivity index is 3.44. The van der Waals surface area contributed by atoms with Crippen molar-refractivity contribution in [3.63, 3.8) is 0 Å². The fraction of sp³-hybridized carbons (Fsp3) is 0.875. The summed E-state index contributed by atoms with van der Waals surface area (Å²) < 4.78 is 4.95. The average Bonchev–Trinajstić information content (AvgIpc) is 2.01. The first-order valence-corrected chi connectivity index (χ1v) is 3.85. The monoisotopic (exact) mass is 160 g/mol. The lowest BCUT2D eigenvalue weighted by atomic mass is 10.2. The molecule has 3 heteroatoms. The van der Waals surface area contributed by atoms with Crippen molar-refractivity contribution in [2.45, 2.75) is 6.92 Å². The van der Waals surface area contributed by atoms with Crippen LogP contribution in [0.15, 0.2) is 0 Å². The smallest absolute Gasteiger partial charge is 0.0575 e. The SMILES string of the molecule is [CH2]C(COC)CN(CC)OC. The number of nitrogens with zero attached hydrogens (tertiary/aromatic N) is 1. The number of methoxy groups -OCH3 is 1. The molecule has 1 radical (unpaired) electrons. The summed E-state index contributed by atoms with van der Waals surface area (Å²) in [6, 6.07) is 0. The van der Waals surface area contributed by atoms with Crippen LogP contribution in [0.2, 0.25) is 0 Å². The van der Waals surface area contributed by atoms with Gasteiger partial charge in [0.25, 0.3) is 0 Å². The number of ether oxygens (including phenoxy) is 1. The standard InChI is InChI=1S/C8H18NO2/c1-5-9(11-4)6-8(2)7-10-3/h8H,2,5-7H2,1,3-4H3. The molecule has 0 aliphatic rings. The van der Waals surface area contributed by atoms with Gasteiger partial charge in [-0.05, 0) is 12.8 Å². The Bertz CT molecular complexity index is 84.2. The van der Waals surface area contributed by atoms with Crippen LogP contribution < -0.4 is 0 Å². The summed E-state index contributed by atoms with van der Waals surface area (Å²) in [7, 11) is 3.35. The van der Waals surface area contributed by atoms with E-state index in [9.17, 15) is 0 Å². The van der Waals surface area contributed by atoms with E-state index in [-0.39, 0.29) is 5.92 Å². The first-order valence-electron chi connectivity index (χ1n) is 3.85. The first kappa shape index (κ1) is 10.9. The predicted octanol–water partition coefficient (Wildman–Crippen LogP) is 0.966. The van der Waals surface area contributed by atoms with Crippen LogP contribution in [0, 0.1) is 12.8 Å². The summed E-state index contributed by atoms with van der Waals surface area (Å²) in [4.78, 5) is 5.05. The fourth-order valence-electron chi connectivity index (χ4n) is 0.909. The lowest BCUT2D eigenvalue weighted by Crippen LogP contribution is -2.29. The van der Waals surface area contributed by atoms with Crippen LogP contribution in [0.5, 0.6) is 0 Å². The summed E-state index contributed by atoms with van der Waals surface area (Å²) in [6.07, 6.45) is 0. The van der Waals surface area contributed by atoms with Crippen molar-refractivity contribution in [3.8, 4) is 0 Å². The Morgan fingerprint density at radius 3 is 2.45 bits per heavy atom. The number of hydrogen-bond donors (Lipinski definition) is 0. The van der Waals surface area contributed by atoms with Gasteiger partial charge in [0, 0.05) is 20.2 Å². The molecule has 0 aromatic carbocycles. The zero-order chi connectivity index (χ0) is 8.69. The highest BCUT2D eigenvalue weighted by molar-refractivity contribution is 4.61. The molecule has 0 heterocycles. The largest absolute Gasteiger partial charge is 0.384 e. The topological polar surface area (TPSA) is 21.7 Å². The maximum Gasteiger partial charge on any atom is 0.0575 e. The Labute approximate surface area is 69.2 Å². The Hall–Kier alpha value is -0.120. The zero-order valence-electron chi connectivity index (χ0n) is 7.67. The molecule has 0 aromatic rings. The molecule has 0 spiro atoms. The molecular formula is C8H18NO2. The Kier molecular flexibility index (Phi) is 6.51. The van der Waals surface area contributed by atoms with Crippen LogP contribution in [-0.2, 0) is 9.57 Å². The van der Waals surface area contributed by atoms with Crippen LogP contribution >= 0.6 is 0 Å². The second-order valence-corrected chi connectivity index (χ2v) is 2.48. The quantitative estimate of drug-likeness (QED) is 0.540. The third kappa shape index (κ3) is 5.18. The predicted molar refractivity (Wildman–Crippen MR) is 45.0 cm³/mol. The second kappa shape index (κ2) is 6.58. The van der Waals surface area contributed by atoms with E-state index in [0.29, 0.717) is 6.61 Å². The van der Waals surface area contributed by atoms with Gasteiger partial charge in [0.2, 0.25) is 0 Å². The van der Waals surface area contributed by atoms with E-state index in [0.717, 1.165) is 13.1 Å². The third-order valence-electron chi connectivity index (χ3n) is 1.48. The number of rotatable bonds is 6. The maximum atomic E-state index is 5.05. The van der Waals surface area contributed by atoms with Gasteiger partial charge in [0.15, 0.2) is 0 Å². The minimum absolute atomic E-state index is 0.278. The normalized spacial score (nSPS) is 13.9. The van der Waals surface area contributed by atoms with Gasteiger partial charge in [-0.2, -0.15) is 5.06 Å². The van der Waals surface area contributed by atoms with E-state index in [1.54, 1.807) is 14.2 Å². The van der Waals surface area contributed by atoms with E-state index in [1.807, 2.05) is 12.0 Å². The lowest BCUT2D eigenvalue weighted by molar-refractivity contribution is -0.136. The average molecular weight is 160 g/mol. The van der Waals surface area contributed by atoms with E-state index in [1.165, 1.54) is 0 Å². The van der Waals surface area contributed by atoms with Crippen LogP contribution in [0.4, 0.5) is 0 Å². The molecule has 67 valence electrons. The van der Waals surface area contributed by atoms with Crippen molar-refractivity contribution in [3.05, 3.63) is 6.92 Å². The second-order valence-electron chi connectivity index (χ2n) is 2.48. The van der Waals surface area contributed by atoms with Gasteiger partial charge in [0.1, 0.15) is 0 Å². The van der Waals surface area contributed by atoms with Crippen molar-refractivity contribution in [1.29, 1.82) is 0 Å². The lowest BCUT2D eigenvalue weighted by Gasteiger charge is -2.20. The molecule has 0 rings (SSSR count). The summed E-state index contributed by atoms with van der Waals surface area (Å²) in [5.74, 6) is 0.278. The molecule has 3 nitrogen and oxygen atoms in total. The van der Waals surface area contributed by atoms with Crippen LogP contribution in [0.1, 0.15) is 6.92 Å². The van der Waals surface area contributed by atoms with Crippen molar-refractivity contribution < 1.29 is 9.57 Å². The van der Waals surface area contributed by atoms with Crippen molar-refractivity contribution >= 4 is 0 Å². The van der Waals surface area contributed by atoms with E-state index >= 15 is 0 Å². The molecule has 1 unspecified atom stereocenters. The van der Waals surface area contributed by atoms with Crippen LogP contribution in [-0.4, -0.2) is 39.0 Å². The van der Waals surface area contributed by atoms with Gasteiger partial charge in [-0.1, -0.05) is 6.92 Å². The number of hydrogen-bond acceptors (Lipinski definition) is 3. The van der Waals surface area contributed by atoms with E-state index in [2.05, 4.69) is 6.92 Å². The Morgan fingerprint density at radius 2 is 2.09 bits per heavy atom. The van der Waals surface area contributed by atoms with Gasteiger partial charge in [-0.3, -0.25) is 0 Å². The van der Waals surface area contributed by atoms with Gasteiger partial charge >= 0.3 is 0 Å². The molecule has 0 aliphatic carbocycles. The highest BCUT2D eigenvalue weighted by atomic mass is 16.7. The summed E-state index contributed by atoms with van der Waals surface area (Å²) in [5.41, 5.74) is 0. The van der Waals surface area contributed by atoms with Gasteiger partial charge in [0.05, 0.1) is 13.7 Å². The van der Waals surface area contributed by atoms with Gasteiger partial charge in [-0.15, -0.1) is 0 Å². The fourth-order valence-corrected chi connectivity index (χ4v) is 0.909. The minimum Gasteiger partial charge on any atom is -0.384 e. The molecule has 0 amide bonds. The highest BCUT2D eigenvalue weighted by Crippen LogP contribution is 1.98. The van der Waals surface area contributed by atoms with E-state index in [4.69, 9.17) is 9.57 Å². The van der Waals surface area contributed by atoms with Crippen molar-refractivity contribution in [2.75, 3.05) is 33.9 Å².